The lowest BCUT2D eigenvalue weighted by atomic mass is 10.0. The second-order valence-corrected chi connectivity index (χ2v) is 7.38. The molecule has 2 heterocycles. The Morgan fingerprint density at radius 3 is 2.23 bits per heavy atom. The van der Waals surface area contributed by atoms with Crippen molar-refractivity contribution >= 4 is 33.8 Å². The van der Waals surface area contributed by atoms with Gasteiger partial charge in [0, 0.05) is 47.2 Å². The summed E-state index contributed by atoms with van der Waals surface area (Å²) in [4.78, 5) is 31.4. The first-order valence-corrected chi connectivity index (χ1v) is 10.5. The first-order chi connectivity index (χ1) is 15.2. The molecule has 0 spiro atoms. The van der Waals surface area contributed by atoms with E-state index in [0.29, 0.717) is 19.4 Å². The van der Waals surface area contributed by atoms with Gasteiger partial charge < -0.3 is 25.3 Å². The van der Waals surface area contributed by atoms with Gasteiger partial charge in [-0.15, -0.1) is 0 Å². The van der Waals surface area contributed by atoms with Crippen molar-refractivity contribution in [3.8, 4) is 0 Å². The van der Waals surface area contributed by atoms with Crippen LogP contribution < -0.4 is 10.6 Å². The number of fused-ring (bicyclic) bond motifs is 2. The molecular weight excluding hydrogens is 392 g/mol. The highest BCUT2D eigenvalue weighted by atomic mass is 16.5. The topological polar surface area (TPSA) is 99.0 Å². The maximum absolute atomic E-state index is 12.9. The summed E-state index contributed by atoms with van der Waals surface area (Å²) in [6.45, 7) is 2.44. The molecule has 0 saturated carbocycles. The summed E-state index contributed by atoms with van der Waals surface area (Å²) in [6.07, 6.45) is 4.30. The number of para-hydroxylation sites is 2. The van der Waals surface area contributed by atoms with Gasteiger partial charge in [-0.05, 0) is 36.6 Å². The third kappa shape index (κ3) is 4.71. The van der Waals surface area contributed by atoms with Crippen molar-refractivity contribution in [2.75, 3.05) is 13.2 Å². The van der Waals surface area contributed by atoms with E-state index in [-0.39, 0.29) is 12.5 Å². The molecule has 2 aromatic carbocycles. The fourth-order valence-electron chi connectivity index (χ4n) is 3.83. The minimum atomic E-state index is -0.735. The zero-order chi connectivity index (χ0) is 21.6. The average molecular weight is 418 g/mol. The highest BCUT2D eigenvalue weighted by Crippen LogP contribution is 2.20. The van der Waals surface area contributed by atoms with Crippen LogP contribution in [-0.2, 0) is 22.4 Å². The molecule has 7 heteroatoms. The van der Waals surface area contributed by atoms with Crippen LogP contribution >= 0.6 is 0 Å². The van der Waals surface area contributed by atoms with Gasteiger partial charge in [-0.25, -0.2) is 4.79 Å². The van der Waals surface area contributed by atoms with Crippen LogP contribution in [-0.4, -0.2) is 41.2 Å². The molecule has 1 unspecified atom stereocenters. The Balaban J connectivity index is 1.43. The summed E-state index contributed by atoms with van der Waals surface area (Å²) in [6, 6.07) is 15.2. The lowest BCUT2D eigenvalue weighted by Gasteiger charge is -2.18. The summed E-state index contributed by atoms with van der Waals surface area (Å²) in [5.41, 5.74) is 4.17. The third-order valence-electron chi connectivity index (χ3n) is 5.35. The second-order valence-electron chi connectivity index (χ2n) is 7.38. The summed E-state index contributed by atoms with van der Waals surface area (Å²) >= 11 is 0. The Kier molecular flexibility index (Phi) is 6.21. The van der Waals surface area contributed by atoms with Crippen molar-refractivity contribution in [2.45, 2.75) is 25.8 Å². The molecule has 0 aliphatic heterocycles. The molecule has 0 aliphatic rings. The average Bonchev–Trinajstić information content (AvgIpc) is 3.38. The number of carbonyl (C=O) groups is 2. The fraction of sp³-hybridized carbons (Fsp3) is 0.250. The normalized spacial score (nSPS) is 12.0. The van der Waals surface area contributed by atoms with Crippen molar-refractivity contribution in [1.29, 1.82) is 0 Å². The molecule has 31 heavy (non-hydrogen) atoms. The van der Waals surface area contributed by atoms with E-state index in [9.17, 15) is 9.59 Å². The highest BCUT2D eigenvalue weighted by molar-refractivity contribution is 5.88. The van der Waals surface area contributed by atoms with E-state index in [0.717, 1.165) is 32.9 Å². The van der Waals surface area contributed by atoms with Gasteiger partial charge in [0.15, 0.2) is 0 Å². The van der Waals surface area contributed by atoms with Crippen LogP contribution in [0.1, 0.15) is 18.1 Å². The Labute approximate surface area is 180 Å². The quantitative estimate of drug-likeness (QED) is 0.351. The zero-order valence-electron chi connectivity index (χ0n) is 17.4. The van der Waals surface area contributed by atoms with Gasteiger partial charge in [0.1, 0.15) is 6.04 Å². The SMILES string of the molecule is CCOC(=O)NC(Cc1c[nH]c2ccccc12)C(=O)NCCc1c[nH]c2ccccc12. The van der Waals surface area contributed by atoms with Crippen molar-refractivity contribution in [3.05, 3.63) is 72.1 Å². The number of carbonyl (C=O) groups excluding carboxylic acids is 2. The van der Waals surface area contributed by atoms with Crippen molar-refractivity contribution in [1.82, 2.24) is 20.6 Å². The second kappa shape index (κ2) is 9.38. The first-order valence-electron chi connectivity index (χ1n) is 10.5. The molecule has 0 saturated heterocycles. The smallest absolute Gasteiger partial charge is 0.407 e. The molecule has 0 fully saturated rings. The van der Waals surface area contributed by atoms with Gasteiger partial charge in [0.2, 0.25) is 5.91 Å². The maximum atomic E-state index is 12.9. The molecule has 4 N–H and O–H groups in total. The number of H-pyrrole nitrogens is 2. The number of nitrogens with one attached hydrogen (secondary N) is 4. The molecule has 7 nitrogen and oxygen atoms in total. The number of hydrogen-bond donors (Lipinski definition) is 4. The van der Waals surface area contributed by atoms with Crippen LogP contribution in [0.25, 0.3) is 21.8 Å². The number of aromatic nitrogens is 2. The van der Waals surface area contributed by atoms with Crippen LogP contribution in [0.15, 0.2) is 60.9 Å². The van der Waals surface area contributed by atoms with E-state index in [1.54, 1.807) is 6.92 Å². The molecule has 0 aliphatic carbocycles. The number of aromatic amines is 2. The third-order valence-corrected chi connectivity index (χ3v) is 5.35. The van der Waals surface area contributed by atoms with Gasteiger partial charge in [0.05, 0.1) is 6.61 Å². The van der Waals surface area contributed by atoms with Gasteiger partial charge in [-0.2, -0.15) is 0 Å². The molecule has 2 aromatic heterocycles. The standard InChI is InChI=1S/C24H26N4O3/c1-2-31-24(30)28-22(13-17-15-27-21-10-6-4-8-19(17)21)23(29)25-12-11-16-14-26-20-9-5-3-7-18(16)20/h3-10,14-15,22,26-27H,2,11-13H2,1H3,(H,25,29)(H,28,30). The number of hydrogen-bond acceptors (Lipinski definition) is 3. The first kappa shape index (κ1) is 20.5. The van der Waals surface area contributed by atoms with E-state index in [4.69, 9.17) is 4.74 Å². The van der Waals surface area contributed by atoms with E-state index in [2.05, 4.69) is 26.7 Å². The van der Waals surface area contributed by atoms with E-state index >= 15 is 0 Å². The number of rotatable bonds is 8. The molecule has 1 atom stereocenters. The van der Waals surface area contributed by atoms with Crippen LogP contribution in [0, 0.1) is 0 Å². The summed E-state index contributed by atoms with van der Waals surface area (Å²) in [5.74, 6) is -0.238. The zero-order valence-corrected chi connectivity index (χ0v) is 17.4. The van der Waals surface area contributed by atoms with Crippen LogP contribution in [0.4, 0.5) is 4.79 Å². The van der Waals surface area contributed by atoms with Gasteiger partial charge in [-0.3, -0.25) is 4.79 Å². The van der Waals surface area contributed by atoms with E-state index < -0.39 is 12.1 Å². The number of amides is 2. The lowest BCUT2D eigenvalue weighted by molar-refractivity contribution is -0.123. The predicted molar refractivity (Wildman–Crippen MR) is 121 cm³/mol. The lowest BCUT2D eigenvalue weighted by Crippen LogP contribution is -2.48. The van der Waals surface area contributed by atoms with Crippen LogP contribution in [0.2, 0.25) is 0 Å². The van der Waals surface area contributed by atoms with Crippen LogP contribution in [0.3, 0.4) is 0 Å². The van der Waals surface area contributed by atoms with E-state index in [1.165, 1.54) is 0 Å². The van der Waals surface area contributed by atoms with Crippen molar-refractivity contribution in [3.63, 3.8) is 0 Å². The minimum Gasteiger partial charge on any atom is -0.450 e. The summed E-state index contributed by atoms with van der Waals surface area (Å²) in [7, 11) is 0. The largest absolute Gasteiger partial charge is 0.450 e. The van der Waals surface area contributed by atoms with Crippen molar-refractivity contribution < 1.29 is 14.3 Å². The van der Waals surface area contributed by atoms with Gasteiger partial charge >= 0.3 is 6.09 Å². The highest BCUT2D eigenvalue weighted by Gasteiger charge is 2.23. The van der Waals surface area contributed by atoms with Crippen molar-refractivity contribution in [2.24, 2.45) is 0 Å². The minimum absolute atomic E-state index is 0.238. The Morgan fingerprint density at radius 2 is 1.55 bits per heavy atom. The fourth-order valence-corrected chi connectivity index (χ4v) is 3.83. The number of ether oxygens (including phenoxy) is 1. The maximum Gasteiger partial charge on any atom is 0.407 e. The Morgan fingerprint density at radius 1 is 0.935 bits per heavy atom. The van der Waals surface area contributed by atoms with Gasteiger partial charge in [0.25, 0.3) is 0 Å². The molecular formula is C24H26N4O3. The Bertz CT molecular complexity index is 1190. The molecule has 2 amide bonds. The summed E-state index contributed by atoms with van der Waals surface area (Å²) < 4.78 is 5.00. The predicted octanol–water partition coefficient (Wildman–Crippen LogP) is 3.67. The number of alkyl carbamates (subject to hydrolysis) is 1. The summed E-state index contributed by atoms with van der Waals surface area (Å²) in [5, 5.41) is 7.84. The van der Waals surface area contributed by atoms with E-state index in [1.807, 2.05) is 54.9 Å². The molecule has 0 bridgehead atoms. The molecule has 0 radical (unpaired) electrons. The Hall–Kier alpha value is -3.74. The molecule has 4 rings (SSSR count). The van der Waals surface area contributed by atoms with Gasteiger partial charge in [-0.1, -0.05) is 36.4 Å². The van der Waals surface area contributed by atoms with Crippen LogP contribution in [0.5, 0.6) is 0 Å². The number of benzene rings is 2. The molecule has 4 aromatic rings. The molecule has 160 valence electrons. The monoisotopic (exact) mass is 418 g/mol.